The molecular formula is C16H19NOS. The van der Waals surface area contributed by atoms with Gasteiger partial charge in [-0.1, -0.05) is 43.3 Å². The van der Waals surface area contributed by atoms with Gasteiger partial charge in [-0.25, -0.2) is 0 Å². The lowest BCUT2D eigenvalue weighted by molar-refractivity contribution is -0.0996. The predicted octanol–water partition coefficient (Wildman–Crippen LogP) is 3.46. The fourth-order valence-corrected chi connectivity index (χ4v) is 3.21. The van der Waals surface area contributed by atoms with Crippen molar-refractivity contribution in [3.8, 4) is 0 Å². The molecule has 2 nitrogen and oxygen atoms in total. The second-order valence-electron chi connectivity index (χ2n) is 5.54. The second-order valence-corrected chi connectivity index (χ2v) is 6.52. The second kappa shape index (κ2) is 5.45. The Hall–Kier alpha value is -1.16. The van der Waals surface area contributed by atoms with E-state index >= 15 is 0 Å². The van der Waals surface area contributed by atoms with Crippen LogP contribution in [0.2, 0.25) is 0 Å². The van der Waals surface area contributed by atoms with Gasteiger partial charge in [0.1, 0.15) is 0 Å². The summed E-state index contributed by atoms with van der Waals surface area (Å²) in [4.78, 5) is 1.37. The van der Waals surface area contributed by atoms with Crippen LogP contribution in [0, 0.1) is 5.41 Å². The van der Waals surface area contributed by atoms with E-state index in [9.17, 15) is 0 Å². The fourth-order valence-electron chi connectivity index (χ4n) is 2.38. The Balaban J connectivity index is 1.77. The molecule has 1 aromatic heterocycles. The fraction of sp³-hybridized carbons (Fsp3) is 0.375. The molecule has 0 saturated carbocycles. The standard InChI is InChI=1S/C16H19NOS/c1-16(11-18-12-16)10-17-15(14-8-5-9-19-14)13-6-3-2-4-7-13/h2-9,15,17H,10-12H2,1H3. The smallest absolute Gasteiger partial charge is 0.0671 e. The molecule has 0 amide bonds. The van der Waals surface area contributed by atoms with Crippen LogP contribution in [-0.4, -0.2) is 19.8 Å². The third-order valence-electron chi connectivity index (χ3n) is 3.59. The van der Waals surface area contributed by atoms with Gasteiger partial charge >= 0.3 is 0 Å². The molecule has 1 N–H and O–H groups in total. The first-order valence-corrected chi connectivity index (χ1v) is 7.54. The lowest BCUT2D eigenvalue weighted by Gasteiger charge is -2.39. The number of thiophene rings is 1. The minimum atomic E-state index is 0.290. The first kappa shape index (κ1) is 12.9. The van der Waals surface area contributed by atoms with Crippen LogP contribution in [0.5, 0.6) is 0 Å². The maximum atomic E-state index is 5.33. The van der Waals surface area contributed by atoms with E-state index in [2.05, 4.69) is 60.1 Å². The SMILES string of the molecule is CC1(CNC(c2ccccc2)c2cccs2)COC1. The Labute approximate surface area is 118 Å². The van der Waals surface area contributed by atoms with Crippen LogP contribution in [0.4, 0.5) is 0 Å². The molecule has 3 rings (SSSR count). The lowest BCUT2D eigenvalue weighted by atomic mass is 9.88. The highest BCUT2D eigenvalue weighted by atomic mass is 32.1. The van der Waals surface area contributed by atoms with E-state index in [1.54, 1.807) is 0 Å². The molecule has 1 fully saturated rings. The Bertz CT molecular complexity index is 505. The molecule has 3 heteroatoms. The molecule has 2 aromatic rings. The molecule has 100 valence electrons. The number of hydrogen-bond acceptors (Lipinski definition) is 3. The van der Waals surface area contributed by atoms with Crippen molar-refractivity contribution in [2.24, 2.45) is 5.41 Å². The zero-order chi connectivity index (χ0) is 13.1. The first-order chi connectivity index (χ1) is 9.27. The summed E-state index contributed by atoms with van der Waals surface area (Å²) in [6.45, 7) is 5.00. The third kappa shape index (κ3) is 2.89. The lowest BCUT2D eigenvalue weighted by Crippen LogP contribution is -2.48. The van der Waals surface area contributed by atoms with Crippen molar-refractivity contribution in [3.05, 3.63) is 58.3 Å². The van der Waals surface area contributed by atoms with Crippen LogP contribution in [0.15, 0.2) is 47.8 Å². The van der Waals surface area contributed by atoms with Crippen molar-refractivity contribution in [1.29, 1.82) is 0 Å². The molecule has 0 radical (unpaired) electrons. The van der Waals surface area contributed by atoms with Gasteiger partial charge in [0.25, 0.3) is 0 Å². The Morgan fingerprint density at radius 2 is 2.00 bits per heavy atom. The van der Waals surface area contributed by atoms with Crippen LogP contribution in [-0.2, 0) is 4.74 Å². The van der Waals surface area contributed by atoms with Crippen LogP contribution in [0.3, 0.4) is 0 Å². The number of ether oxygens (including phenoxy) is 1. The molecule has 0 aliphatic carbocycles. The summed E-state index contributed by atoms with van der Waals surface area (Å²) < 4.78 is 5.33. The monoisotopic (exact) mass is 273 g/mol. The highest BCUT2D eigenvalue weighted by Gasteiger charge is 2.33. The van der Waals surface area contributed by atoms with Gasteiger partial charge in [-0.05, 0) is 17.0 Å². The number of benzene rings is 1. The van der Waals surface area contributed by atoms with Crippen LogP contribution < -0.4 is 5.32 Å². The van der Waals surface area contributed by atoms with Crippen molar-refractivity contribution < 1.29 is 4.74 Å². The number of rotatable bonds is 5. The first-order valence-electron chi connectivity index (χ1n) is 6.66. The van der Waals surface area contributed by atoms with E-state index in [1.165, 1.54) is 10.4 Å². The van der Waals surface area contributed by atoms with Gasteiger partial charge < -0.3 is 10.1 Å². The molecule has 19 heavy (non-hydrogen) atoms. The van der Waals surface area contributed by atoms with Crippen molar-refractivity contribution >= 4 is 11.3 Å². The molecule has 1 aromatic carbocycles. The van der Waals surface area contributed by atoms with E-state index in [-0.39, 0.29) is 0 Å². The summed E-state index contributed by atoms with van der Waals surface area (Å²) >= 11 is 1.81. The maximum absolute atomic E-state index is 5.33. The van der Waals surface area contributed by atoms with Gasteiger partial charge in [0.05, 0.1) is 19.3 Å². The van der Waals surface area contributed by atoms with Crippen molar-refractivity contribution in [2.75, 3.05) is 19.8 Å². The molecule has 0 bridgehead atoms. The molecule has 2 heterocycles. The Morgan fingerprint density at radius 1 is 1.21 bits per heavy atom. The summed E-state index contributed by atoms with van der Waals surface area (Å²) in [6.07, 6.45) is 0. The van der Waals surface area contributed by atoms with E-state index < -0.39 is 0 Å². The summed E-state index contributed by atoms with van der Waals surface area (Å²) in [5, 5.41) is 5.85. The zero-order valence-corrected chi connectivity index (χ0v) is 12.0. The van der Waals surface area contributed by atoms with E-state index in [0.717, 1.165) is 19.8 Å². The van der Waals surface area contributed by atoms with Gasteiger partial charge in [0, 0.05) is 16.8 Å². The van der Waals surface area contributed by atoms with Crippen molar-refractivity contribution in [1.82, 2.24) is 5.32 Å². The van der Waals surface area contributed by atoms with Crippen molar-refractivity contribution in [3.63, 3.8) is 0 Å². The zero-order valence-electron chi connectivity index (χ0n) is 11.1. The van der Waals surface area contributed by atoms with Gasteiger partial charge in [-0.2, -0.15) is 0 Å². The molecule has 1 unspecified atom stereocenters. The van der Waals surface area contributed by atoms with Crippen LogP contribution in [0.25, 0.3) is 0 Å². The van der Waals surface area contributed by atoms with E-state index in [4.69, 9.17) is 4.74 Å². The van der Waals surface area contributed by atoms with Gasteiger partial charge in [0.15, 0.2) is 0 Å². The normalized spacial score (nSPS) is 18.8. The molecule has 1 atom stereocenters. The third-order valence-corrected chi connectivity index (χ3v) is 4.53. The van der Waals surface area contributed by atoms with Crippen LogP contribution in [0.1, 0.15) is 23.4 Å². The maximum Gasteiger partial charge on any atom is 0.0671 e. The summed E-state index contributed by atoms with van der Waals surface area (Å²) in [7, 11) is 0. The van der Waals surface area contributed by atoms with Crippen LogP contribution >= 0.6 is 11.3 Å². The Kier molecular flexibility index (Phi) is 3.69. The highest BCUT2D eigenvalue weighted by Crippen LogP contribution is 2.30. The average molecular weight is 273 g/mol. The summed E-state index contributed by atoms with van der Waals surface area (Å²) in [5.41, 5.74) is 1.62. The summed E-state index contributed by atoms with van der Waals surface area (Å²) in [5.74, 6) is 0. The minimum Gasteiger partial charge on any atom is -0.380 e. The number of nitrogens with one attached hydrogen (secondary N) is 1. The average Bonchev–Trinajstić information content (AvgIpc) is 2.92. The highest BCUT2D eigenvalue weighted by molar-refractivity contribution is 7.10. The Morgan fingerprint density at radius 3 is 2.58 bits per heavy atom. The largest absolute Gasteiger partial charge is 0.380 e. The number of hydrogen-bond donors (Lipinski definition) is 1. The van der Waals surface area contributed by atoms with Crippen molar-refractivity contribution in [2.45, 2.75) is 13.0 Å². The molecular weight excluding hydrogens is 254 g/mol. The summed E-state index contributed by atoms with van der Waals surface area (Å²) in [6, 6.07) is 15.3. The van der Waals surface area contributed by atoms with E-state index in [1.807, 2.05) is 11.3 Å². The van der Waals surface area contributed by atoms with E-state index in [0.29, 0.717) is 11.5 Å². The minimum absolute atomic E-state index is 0.290. The van der Waals surface area contributed by atoms with Gasteiger partial charge in [-0.15, -0.1) is 11.3 Å². The predicted molar refractivity (Wildman–Crippen MR) is 79.5 cm³/mol. The van der Waals surface area contributed by atoms with Gasteiger partial charge in [0.2, 0.25) is 0 Å². The molecule has 1 saturated heterocycles. The molecule has 1 aliphatic heterocycles. The molecule has 1 aliphatic rings. The molecule has 0 spiro atoms. The topological polar surface area (TPSA) is 21.3 Å². The van der Waals surface area contributed by atoms with Gasteiger partial charge in [-0.3, -0.25) is 0 Å². The quantitative estimate of drug-likeness (QED) is 0.900.